The number of phenolic OH excluding ortho intramolecular Hbond substituents is 1. The predicted molar refractivity (Wildman–Crippen MR) is 76.1 cm³/mol. The highest BCUT2D eigenvalue weighted by Crippen LogP contribution is 2.23. The summed E-state index contributed by atoms with van der Waals surface area (Å²) in [5, 5.41) is 21.5. The second-order valence-corrected chi connectivity index (χ2v) is 4.85. The van der Waals surface area contributed by atoms with E-state index >= 15 is 0 Å². The van der Waals surface area contributed by atoms with Crippen LogP contribution in [0, 0.1) is 0 Å². The number of hydrogen-bond acceptors (Lipinski definition) is 3. The zero-order valence-electron chi connectivity index (χ0n) is 9.93. The summed E-state index contributed by atoms with van der Waals surface area (Å²) in [7, 11) is 0. The Morgan fingerprint density at radius 3 is 2.68 bits per heavy atom. The van der Waals surface area contributed by atoms with Gasteiger partial charge < -0.3 is 15.5 Å². The Balaban J connectivity index is 2.28. The second kappa shape index (κ2) is 5.86. The van der Waals surface area contributed by atoms with E-state index in [0.717, 1.165) is 0 Å². The molecule has 0 aromatic heterocycles. The first kappa shape index (κ1) is 13.6. The van der Waals surface area contributed by atoms with Crippen LogP contribution in [0.25, 0.3) is 0 Å². The van der Waals surface area contributed by atoms with Crippen molar-refractivity contribution in [2.75, 3.05) is 5.32 Å². The summed E-state index contributed by atoms with van der Waals surface area (Å²) in [6, 6.07) is 11.6. The SMILES string of the molecule is O=C(Nc1ccccc1CO)c1cc(Br)ccc1O. The van der Waals surface area contributed by atoms with E-state index in [-0.39, 0.29) is 17.9 Å². The highest BCUT2D eigenvalue weighted by molar-refractivity contribution is 9.10. The van der Waals surface area contributed by atoms with E-state index in [0.29, 0.717) is 15.7 Å². The summed E-state index contributed by atoms with van der Waals surface area (Å²) in [5.74, 6) is -0.526. The van der Waals surface area contributed by atoms with Crippen LogP contribution in [-0.4, -0.2) is 16.1 Å². The Morgan fingerprint density at radius 1 is 1.21 bits per heavy atom. The van der Waals surface area contributed by atoms with Crippen molar-refractivity contribution in [3.8, 4) is 5.75 Å². The van der Waals surface area contributed by atoms with Gasteiger partial charge in [-0.3, -0.25) is 4.79 Å². The van der Waals surface area contributed by atoms with Gasteiger partial charge in [0.05, 0.1) is 12.2 Å². The number of carbonyl (C=O) groups excluding carboxylic acids is 1. The van der Waals surface area contributed by atoms with Crippen LogP contribution in [-0.2, 0) is 6.61 Å². The van der Waals surface area contributed by atoms with Gasteiger partial charge in [-0.2, -0.15) is 0 Å². The molecule has 0 fully saturated rings. The van der Waals surface area contributed by atoms with Crippen LogP contribution in [0.1, 0.15) is 15.9 Å². The minimum Gasteiger partial charge on any atom is -0.507 e. The summed E-state index contributed by atoms with van der Waals surface area (Å²) >= 11 is 3.25. The van der Waals surface area contributed by atoms with E-state index in [4.69, 9.17) is 0 Å². The Morgan fingerprint density at radius 2 is 1.95 bits per heavy atom. The molecule has 0 atom stereocenters. The predicted octanol–water partition coefficient (Wildman–Crippen LogP) is 2.90. The summed E-state index contributed by atoms with van der Waals surface area (Å²) in [6.45, 7) is -0.166. The van der Waals surface area contributed by atoms with E-state index in [9.17, 15) is 15.0 Å². The summed E-state index contributed by atoms with van der Waals surface area (Å²) in [6.07, 6.45) is 0. The van der Waals surface area contributed by atoms with Crippen LogP contribution in [0.3, 0.4) is 0 Å². The van der Waals surface area contributed by atoms with Crippen molar-refractivity contribution in [1.82, 2.24) is 0 Å². The van der Waals surface area contributed by atoms with E-state index in [1.54, 1.807) is 30.3 Å². The second-order valence-electron chi connectivity index (χ2n) is 3.93. The topological polar surface area (TPSA) is 69.6 Å². The number of aliphatic hydroxyl groups is 1. The van der Waals surface area contributed by atoms with Gasteiger partial charge in [0.25, 0.3) is 5.91 Å². The molecule has 2 aromatic carbocycles. The molecule has 5 heteroatoms. The van der Waals surface area contributed by atoms with E-state index < -0.39 is 5.91 Å². The lowest BCUT2D eigenvalue weighted by Gasteiger charge is -2.10. The van der Waals surface area contributed by atoms with Gasteiger partial charge in [-0.15, -0.1) is 0 Å². The number of hydrogen-bond donors (Lipinski definition) is 3. The first-order valence-corrected chi connectivity index (χ1v) is 6.39. The maximum absolute atomic E-state index is 12.1. The van der Waals surface area contributed by atoms with Gasteiger partial charge >= 0.3 is 0 Å². The van der Waals surface area contributed by atoms with Crippen molar-refractivity contribution >= 4 is 27.5 Å². The fraction of sp³-hybridized carbons (Fsp3) is 0.0714. The maximum Gasteiger partial charge on any atom is 0.259 e. The summed E-state index contributed by atoms with van der Waals surface area (Å²) in [4.78, 5) is 12.1. The monoisotopic (exact) mass is 321 g/mol. The number of phenols is 1. The lowest BCUT2D eigenvalue weighted by Crippen LogP contribution is -2.13. The summed E-state index contributed by atoms with van der Waals surface area (Å²) < 4.78 is 0.700. The molecule has 0 aliphatic heterocycles. The maximum atomic E-state index is 12.1. The van der Waals surface area contributed by atoms with Crippen molar-refractivity contribution in [1.29, 1.82) is 0 Å². The van der Waals surface area contributed by atoms with E-state index in [2.05, 4.69) is 21.2 Å². The standard InChI is InChI=1S/C14H12BrNO3/c15-10-5-6-13(18)11(7-10)14(19)16-12-4-2-1-3-9(12)8-17/h1-7,17-18H,8H2,(H,16,19). The smallest absolute Gasteiger partial charge is 0.259 e. The average molecular weight is 322 g/mol. The molecule has 0 saturated carbocycles. The van der Waals surface area contributed by atoms with Crippen molar-refractivity contribution in [3.63, 3.8) is 0 Å². The minimum absolute atomic E-state index is 0.0952. The fourth-order valence-electron chi connectivity index (χ4n) is 1.66. The molecule has 2 rings (SSSR count). The lowest BCUT2D eigenvalue weighted by molar-refractivity contribution is 0.102. The molecule has 3 N–H and O–H groups in total. The van der Waals surface area contributed by atoms with Gasteiger partial charge in [-0.1, -0.05) is 34.1 Å². The van der Waals surface area contributed by atoms with Crippen LogP contribution in [0.2, 0.25) is 0 Å². The molecule has 0 spiro atoms. The first-order chi connectivity index (χ1) is 9.11. The number of amides is 1. The van der Waals surface area contributed by atoms with Crippen molar-refractivity contribution in [2.45, 2.75) is 6.61 Å². The summed E-state index contributed by atoms with van der Waals surface area (Å²) in [5.41, 5.74) is 1.31. The highest BCUT2D eigenvalue weighted by atomic mass is 79.9. The van der Waals surface area contributed by atoms with Gasteiger partial charge in [-0.25, -0.2) is 0 Å². The molecule has 0 radical (unpaired) electrons. The van der Waals surface area contributed by atoms with Gasteiger partial charge in [0.15, 0.2) is 0 Å². The molecule has 4 nitrogen and oxygen atoms in total. The molecule has 1 amide bonds. The van der Waals surface area contributed by atoms with E-state index in [1.807, 2.05) is 0 Å². The minimum atomic E-state index is -0.431. The van der Waals surface area contributed by atoms with Crippen molar-refractivity contribution in [3.05, 3.63) is 58.1 Å². The number of anilines is 1. The number of para-hydroxylation sites is 1. The van der Waals surface area contributed by atoms with Crippen LogP contribution in [0.4, 0.5) is 5.69 Å². The Hall–Kier alpha value is -1.85. The molecule has 0 saturated heterocycles. The van der Waals surface area contributed by atoms with Crippen LogP contribution in [0.5, 0.6) is 5.75 Å². The molecule has 19 heavy (non-hydrogen) atoms. The number of aromatic hydroxyl groups is 1. The van der Waals surface area contributed by atoms with Gasteiger partial charge in [0, 0.05) is 15.7 Å². The molecular formula is C14H12BrNO3. The molecular weight excluding hydrogens is 310 g/mol. The fourth-order valence-corrected chi connectivity index (χ4v) is 2.02. The highest BCUT2D eigenvalue weighted by Gasteiger charge is 2.13. The number of benzene rings is 2. The molecule has 98 valence electrons. The zero-order chi connectivity index (χ0) is 13.8. The van der Waals surface area contributed by atoms with Crippen molar-refractivity contribution in [2.24, 2.45) is 0 Å². The van der Waals surface area contributed by atoms with Gasteiger partial charge in [-0.05, 0) is 24.3 Å². The molecule has 0 aliphatic carbocycles. The number of nitrogens with one attached hydrogen (secondary N) is 1. The normalized spacial score (nSPS) is 10.2. The molecule has 0 bridgehead atoms. The van der Waals surface area contributed by atoms with E-state index in [1.165, 1.54) is 12.1 Å². The molecule has 2 aromatic rings. The number of aliphatic hydroxyl groups excluding tert-OH is 1. The molecule has 0 heterocycles. The first-order valence-electron chi connectivity index (χ1n) is 5.60. The van der Waals surface area contributed by atoms with Gasteiger partial charge in [0.2, 0.25) is 0 Å². The van der Waals surface area contributed by atoms with Crippen molar-refractivity contribution < 1.29 is 15.0 Å². The Kier molecular flexibility index (Phi) is 4.19. The van der Waals surface area contributed by atoms with Crippen LogP contribution < -0.4 is 5.32 Å². The number of carbonyl (C=O) groups is 1. The van der Waals surface area contributed by atoms with Crippen LogP contribution in [0.15, 0.2) is 46.9 Å². The molecule has 0 unspecified atom stereocenters. The van der Waals surface area contributed by atoms with Crippen LogP contribution >= 0.6 is 15.9 Å². The third kappa shape index (κ3) is 3.13. The Labute approximate surface area is 118 Å². The third-order valence-corrected chi connectivity index (χ3v) is 3.13. The largest absolute Gasteiger partial charge is 0.507 e. The molecule has 0 aliphatic rings. The third-order valence-electron chi connectivity index (χ3n) is 2.64. The van der Waals surface area contributed by atoms with Gasteiger partial charge in [0.1, 0.15) is 5.75 Å². The lowest BCUT2D eigenvalue weighted by atomic mass is 10.1. The Bertz CT molecular complexity index is 613. The quantitative estimate of drug-likeness (QED) is 0.814. The average Bonchev–Trinajstić information content (AvgIpc) is 2.42. The number of rotatable bonds is 3. The zero-order valence-corrected chi connectivity index (χ0v) is 11.5. The number of halogens is 1.